The molecule has 0 radical (unpaired) electrons. The summed E-state index contributed by atoms with van der Waals surface area (Å²) in [7, 11) is 3.11. The van der Waals surface area contributed by atoms with Crippen molar-refractivity contribution in [2.75, 3.05) is 20.8 Å². The van der Waals surface area contributed by atoms with Gasteiger partial charge in [0.15, 0.2) is 0 Å². The number of carboxylic acid groups (broad SMARTS) is 1. The zero-order valence-electron chi connectivity index (χ0n) is 25.3. The number of carbonyl (C=O) groups is 3. The Kier molecular flexibility index (Phi) is 12.7. The average molecular weight is 608 g/mol. The van der Waals surface area contributed by atoms with E-state index in [1.54, 1.807) is 38.5 Å². The summed E-state index contributed by atoms with van der Waals surface area (Å²) in [6.07, 6.45) is -1.27. The lowest BCUT2D eigenvalue weighted by Crippen LogP contribution is -2.56. The number of aliphatic hydroxyl groups is 1. The Morgan fingerprint density at radius 1 is 0.864 bits per heavy atom. The minimum Gasteiger partial charge on any atom is -0.497 e. The van der Waals surface area contributed by atoms with Crippen molar-refractivity contribution >= 4 is 17.8 Å². The first kappa shape index (κ1) is 34.0. The van der Waals surface area contributed by atoms with Gasteiger partial charge in [0.1, 0.15) is 36.0 Å². The van der Waals surface area contributed by atoms with Crippen LogP contribution < -0.4 is 20.6 Å². The molecular weight excluding hydrogens is 566 g/mol. The van der Waals surface area contributed by atoms with E-state index in [1.807, 2.05) is 61.5 Å². The van der Waals surface area contributed by atoms with Crippen molar-refractivity contribution in [2.24, 2.45) is 5.73 Å². The van der Waals surface area contributed by atoms with Crippen LogP contribution in [-0.4, -0.2) is 66.1 Å². The van der Waals surface area contributed by atoms with Crippen LogP contribution in [0.5, 0.6) is 11.5 Å². The monoisotopic (exact) mass is 607 g/mol. The van der Waals surface area contributed by atoms with Gasteiger partial charge < -0.3 is 30.2 Å². The van der Waals surface area contributed by atoms with Crippen LogP contribution in [0.15, 0.2) is 78.9 Å². The normalized spacial score (nSPS) is 12.8. The number of unbranched alkanes of at least 4 members (excludes halogenated alkanes) is 1. The lowest BCUT2D eigenvalue weighted by Gasteiger charge is -2.42. The van der Waals surface area contributed by atoms with Crippen molar-refractivity contribution in [1.29, 1.82) is 0 Å². The van der Waals surface area contributed by atoms with Gasteiger partial charge in [-0.15, -0.1) is 0 Å². The van der Waals surface area contributed by atoms with Crippen LogP contribution in [0.3, 0.4) is 0 Å². The Balaban J connectivity index is 2.25. The first-order valence-corrected chi connectivity index (χ1v) is 14.4. The molecule has 0 fully saturated rings. The van der Waals surface area contributed by atoms with E-state index in [1.165, 1.54) is 0 Å². The third-order valence-corrected chi connectivity index (χ3v) is 7.16. The van der Waals surface area contributed by atoms with E-state index in [2.05, 4.69) is 5.43 Å². The molecule has 0 bridgehead atoms. The number of nitrogens with one attached hydrogen (secondary N) is 1. The molecule has 3 aromatic rings. The molecule has 0 aromatic heterocycles. The number of aliphatic carboxylic acids is 1. The summed E-state index contributed by atoms with van der Waals surface area (Å²) >= 11 is 0. The molecule has 11 nitrogen and oxygen atoms in total. The van der Waals surface area contributed by atoms with Crippen molar-refractivity contribution in [2.45, 2.75) is 57.0 Å². The van der Waals surface area contributed by atoms with Gasteiger partial charge in [-0.2, -0.15) is 5.01 Å². The van der Waals surface area contributed by atoms with Gasteiger partial charge in [-0.1, -0.05) is 74.4 Å². The fourth-order valence-electron chi connectivity index (χ4n) is 4.88. The van der Waals surface area contributed by atoms with E-state index in [-0.39, 0.29) is 19.3 Å². The van der Waals surface area contributed by atoms with Gasteiger partial charge in [-0.25, -0.2) is 0 Å². The van der Waals surface area contributed by atoms with Gasteiger partial charge in [-0.05, 0) is 53.8 Å². The highest BCUT2D eigenvalue weighted by atomic mass is 16.5. The van der Waals surface area contributed by atoms with Crippen LogP contribution in [-0.2, 0) is 24.7 Å². The number of nitrogens with two attached hydrogens (primary N) is 1. The first-order valence-electron chi connectivity index (χ1n) is 14.4. The quantitative estimate of drug-likeness (QED) is 0.0963. The molecule has 3 aromatic carbocycles. The van der Waals surface area contributed by atoms with Crippen LogP contribution in [0.25, 0.3) is 0 Å². The number of hydrogen-bond acceptors (Lipinski definition) is 8. The van der Waals surface area contributed by atoms with Crippen molar-refractivity contribution in [3.8, 4) is 11.5 Å². The van der Waals surface area contributed by atoms with Crippen LogP contribution in [0, 0.1) is 0 Å². The number of nitrogens with zero attached hydrogens (tertiary/aromatic N) is 1. The summed E-state index contributed by atoms with van der Waals surface area (Å²) in [6, 6.07) is 23.7. The van der Waals surface area contributed by atoms with Crippen molar-refractivity contribution in [1.82, 2.24) is 10.4 Å². The zero-order chi connectivity index (χ0) is 32.1. The molecule has 3 rings (SSSR count). The third kappa shape index (κ3) is 8.79. The maximum atomic E-state index is 13.0. The minimum absolute atomic E-state index is 0.0746. The maximum absolute atomic E-state index is 13.0. The van der Waals surface area contributed by atoms with E-state index >= 15 is 0 Å². The summed E-state index contributed by atoms with van der Waals surface area (Å²) in [5, 5.41) is 21.4. The fraction of sp³-hybridized carbons (Fsp3) is 0.364. The van der Waals surface area contributed by atoms with E-state index in [4.69, 9.17) is 19.9 Å². The van der Waals surface area contributed by atoms with Crippen LogP contribution in [0.4, 0.5) is 0 Å². The van der Waals surface area contributed by atoms with Gasteiger partial charge in [0, 0.05) is 6.42 Å². The van der Waals surface area contributed by atoms with Crippen molar-refractivity contribution in [3.63, 3.8) is 0 Å². The molecule has 0 saturated heterocycles. The predicted molar refractivity (Wildman–Crippen MR) is 164 cm³/mol. The summed E-state index contributed by atoms with van der Waals surface area (Å²) in [5.41, 5.74) is 8.66. The summed E-state index contributed by atoms with van der Waals surface area (Å²) in [4.78, 5) is 37.1. The molecule has 2 atom stereocenters. The van der Waals surface area contributed by atoms with Gasteiger partial charge in [-0.3, -0.25) is 19.8 Å². The molecule has 236 valence electrons. The SMILES string of the molecule is CCCCC(O)C(=O)NN(CC(=O)O)C(CCC(N)=O)OC(c1ccccc1)(c1ccc(OC)cc1)c1ccc(OC)cc1. The second kappa shape index (κ2) is 16.4. The number of carbonyl (C=O) groups excluding carboxylic acids is 2. The lowest BCUT2D eigenvalue weighted by atomic mass is 9.79. The van der Waals surface area contributed by atoms with Crippen LogP contribution >= 0.6 is 0 Å². The van der Waals surface area contributed by atoms with E-state index in [0.717, 1.165) is 11.4 Å². The number of amides is 2. The number of methoxy groups -OCH3 is 2. The van der Waals surface area contributed by atoms with Crippen molar-refractivity contribution in [3.05, 3.63) is 95.6 Å². The molecule has 44 heavy (non-hydrogen) atoms. The molecule has 0 aliphatic heterocycles. The highest BCUT2D eigenvalue weighted by Gasteiger charge is 2.42. The Bertz CT molecular complexity index is 1300. The standard InChI is InChI=1S/C33H41N3O8/c1-4-5-11-28(37)32(41)35-36(22-31(39)40)30(21-20-29(34)38)44-33(23-9-7-6-8-10-23,24-12-16-26(42-2)17-13-24)25-14-18-27(43-3)19-15-25/h6-10,12-19,28,30,37H,4-5,11,20-22H2,1-3H3,(H2,34,38)(H,35,41)(H,39,40). The summed E-state index contributed by atoms with van der Waals surface area (Å²) in [5.74, 6) is -1.47. The zero-order valence-corrected chi connectivity index (χ0v) is 25.3. The number of benzene rings is 3. The lowest BCUT2D eigenvalue weighted by molar-refractivity contribution is -0.171. The molecule has 2 unspecified atom stereocenters. The summed E-state index contributed by atoms with van der Waals surface area (Å²) in [6.45, 7) is 1.24. The second-order valence-corrected chi connectivity index (χ2v) is 10.2. The molecule has 11 heteroatoms. The Hall–Kier alpha value is -4.45. The summed E-state index contributed by atoms with van der Waals surface area (Å²) < 4.78 is 17.8. The highest BCUT2D eigenvalue weighted by Crippen LogP contribution is 2.43. The molecule has 0 saturated carbocycles. The Morgan fingerprint density at radius 3 is 1.84 bits per heavy atom. The van der Waals surface area contributed by atoms with E-state index in [9.17, 15) is 24.6 Å². The molecule has 0 spiro atoms. The molecule has 0 heterocycles. The minimum atomic E-state index is -1.40. The average Bonchev–Trinajstić information content (AvgIpc) is 3.03. The molecule has 0 aliphatic carbocycles. The number of carboxylic acids is 1. The largest absolute Gasteiger partial charge is 0.497 e. The number of hydrogen-bond donors (Lipinski definition) is 4. The van der Waals surface area contributed by atoms with Crippen molar-refractivity contribution < 1.29 is 38.8 Å². The maximum Gasteiger partial charge on any atom is 0.319 e. The highest BCUT2D eigenvalue weighted by molar-refractivity contribution is 5.80. The van der Waals surface area contributed by atoms with E-state index < -0.39 is 42.3 Å². The number of aliphatic hydroxyl groups excluding tert-OH is 1. The van der Waals surface area contributed by atoms with Gasteiger partial charge in [0.05, 0.1) is 14.2 Å². The number of ether oxygens (including phenoxy) is 3. The molecular formula is C33H41N3O8. The Morgan fingerprint density at radius 2 is 1.39 bits per heavy atom. The van der Waals surface area contributed by atoms with Gasteiger partial charge >= 0.3 is 5.97 Å². The van der Waals surface area contributed by atoms with Crippen LogP contribution in [0.2, 0.25) is 0 Å². The number of hydrazine groups is 1. The van der Waals surface area contributed by atoms with Gasteiger partial charge in [0.25, 0.3) is 5.91 Å². The fourth-order valence-corrected chi connectivity index (χ4v) is 4.88. The predicted octanol–water partition coefficient (Wildman–Crippen LogP) is 3.57. The topological polar surface area (TPSA) is 161 Å². The van der Waals surface area contributed by atoms with Crippen LogP contribution in [0.1, 0.15) is 55.7 Å². The second-order valence-electron chi connectivity index (χ2n) is 10.2. The van der Waals surface area contributed by atoms with E-state index in [0.29, 0.717) is 34.6 Å². The Labute approximate surface area is 257 Å². The molecule has 0 aliphatic rings. The number of rotatable bonds is 18. The number of primary amides is 1. The third-order valence-electron chi connectivity index (χ3n) is 7.16. The first-order chi connectivity index (χ1) is 21.1. The molecule has 5 N–H and O–H groups in total. The molecule has 2 amide bonds. The van der Waals surface area contributed by atoms with Gasteiger partial charge in [0.2, 0.25) is 5.91 Å². The smallest absolute Gasteiger partial charge is 0.319 e.